The van der Waals surface area contributed by atoms with Crippen molar-refractivity contribution in [3.05, 3.63) is 34.4 Å². The fourth-order valence-corrected chi connectivity index (χ4v) is 2.07. The van der Waals surface area contributed by atoms with Gasteiger partial charge in [-0.15, -0.1) is 0 Å². The Morgan fingerprint density at radius 1 is 1.22 bits per heavy atom. The molecule has 0 aliphatic heterocycles. The van der Waals surface area contributed by atoms with E-state index in [9.17, 15) is 9.90 Å². The zero-order valence-electron chi connectivity index (χ0n) is 12.2. The number of rotatable bonds is 3. The van der Waals surface area contributed by atoms with Crippen LogP contribution in [-0.2, 0) is 0 Å². The predicted molar refractivity (Wildman–Crippen MR) is 73.9 cm³/mol. The third-order valence-electron chi connectivity index (χ3n) is 3.49. The van der Waals surface area contributed by atoms with Crippen LogP contribution in [0.1, 0.15) is 40.9 Å². The van der Waals surface area contributed by atoms with E-state index in [4.69, 9.17) is 0 Å². The Hall–Kier alpha value is -1.35. The van der Waals surface area contributed by atoms with Crippen molar-refractivity contribution in [1.82, 2.24) is 4.90 Å². The van der Waals surface area contributed by atoms with Gasteiger partial charge in [0, 0.05) is 12.6 Å². The second-order valence-electron chi connectivity index (χ2n) is 5.61. The van der Waals surface area contributed by atoms with Gasteiger partial charge >= 0.3 is 0 Å². The summed E-state index contributed by atoms with van der Waals surface area (Å²) in [6.45, 7) is 9.57. The van der Waals surface area contributed by atoms with Crippen LogP contribution in [0.2, 0.25) is 0 Å². The first-order chi connectivity index (χ1) is 8.20. The normalized spacial score (nSPS) is 11.5. The third kappa shape index (κ3) is 2.72. The van der Waals surface area contributed by atoms with Crippen LogP contribution in [0.4, 0.5) is 0 Å². The van der Waals surface area contributed by atoms with Gasteiger partial charge in [0.25, 0.3) is 5.91 Å². The fourth-order valence-electron chi connectivity index (χ4n) is 2.07. The number of hydrogen-bond donors (Lipinski definition) is 1. The van der Waals surface area contributed by atoms with E-state index in [-0.39, 0.29) is 12.5 Å². The van der Waals surface area contributed by atoms with Crippen molar-refractivity contribution in [2.45, 2.75) is 40.2 Å². The first-order valence-corrected chi connectivity index (χ1v) is 6.17. The predicted octanol–water partition coefficient (Wildman–Crippen LogP) is 2.45. The van der Waals surface area contributed by atoms with E-state index >= 15 is 0 Å². The summed E-state index contributed by atoms with van der Waals surface area (Å²) in [5.41, 5.74) is 3.31. The molecule has 0 aliphatic rings. The number of aliphatic hydroxyl groups is 1. The fraction of sp³-hybridized carbons (Fsp3) is 0.533. The Labute approximate surface area is 109 Å². The first kappa shape index (κ1) is 14.7. The minimum Gasteiger partial charge on any atom is -0.394 e. The maximum absolute atomic E-state index is 12.5. The molecule has 0 saturated heterocycles. The summed E-state index contributed by atoms with van der Waals surface area (Å²) in [4.78, 5) is 14.1. The smallest absolute Gasteiger partial charge is 0.254 e. The van der Waals surface area contributed by atoms with Crippen molar-refractivity contribution in [3.63, 3.8) is 0 Å². The highest BCUT2D eigenvalue weighted by Gasteiger charge is 2.29. The molecule has 1 rings (SSSR count). The molecule has 100 valence electrons. The maximum Gasteiger partial charge on any atom is 0.254 e. The molecule has 1 N–H and O–H groups in total. The number of benzene rings is 1. The van der Waals surface area contributed by atoms with Crippen LogP contribution in [-0.4, -0.2) is 35.1 Å². The van der Waals surface area contributed by atoms with Crippen LogP contribution in [0.15, 0.2) is 12.1 Å². The summed E-state index contributed by atoms with van der Waals surface area (Å²) in [5.74, 6) is -0.0379. The van der Waals surface area contributed by atoms with Gasteiger partial charge in [-0.05, 0) is 45.7 Å². The average Bonchev–Trinajstić information content (AvgIpc) is 2.26. The molecule has 0 atom stereocenters. The first-order valence-electron chi connectivity index (χ1n) is 6.17. The third-order valence-corrected chi connectivity index (χ3v) is 3.49. The van der Waals surface area contributed by atoms with E-state index in [0.29, 0.717) is 0 Å². The molecule has 0 bridgehead atoms. The van der Waals surface area contributed by atoms with E-state index < -0.39 is 5.54 Å². The van der Waals surface area contributed by atoms with Gasteiger partial charge in [-0.3, -0.25) is 4.79 Å². The molecule has 1 aromatic rings. The molecule has 0 unspecified atom stereocenters. The van der Waals surface area contributed by atoms with Crippen LogP contribution in [0, 0.1) is 20.8 Å². The second kappa shape index (κ2) is 5.11. The molecule has 0 aliphatic carbocycles. The number of aryl methyl sites for hydroxylation is 3. The van der Waals surface area contributed by atoms with Crippen molar-refractivity contribution >= 4 is 5.91 Å². The minimum absolute atomic E-state index is 0.0379. The molecule has 0 saturated carbocycles. The van der Waals surface area contributed by atoms with E-state index in [0.717, 1.165) is 22.3 Å². The van der Waals surface area contributed by atoms with Gasteiger partial charge in [0.1, 0.15) is 0 Å². The minimum atomic E-state index is -0.555. The molecule has 0 spiro atoms. The standard InChI is InChI=1S/C15H23NO2/c1-10-7-11(2)13(12(3)8-10)14(18)16(6)15(4,5)9-17/h7-8,17H,9H2,1-6H3. The van der Waals surface area contributed by atoms with Crippen molar-refractivity contribution < 1.29 is 9.90 Å². The van der Waals surface area contributed by atoms with Crippen LogP contribution in [0.3, 0.4) is 0 Å². The molecular formula is C15H23NO2. The lowest BCUT2D eigenvalue weighted by molar-refractivity contribution is 0.0472. The number of nitrogens with zero attached hydrogens (tertiary/aromatic N) is 1. The topological polar surface area (TPSA) is 40.5 Å². The molecular weight excluding hydrogens is 226 g/mol. The highest BCUT2D eigenvalue weighted by molar-refractivity contribution is 5.97. The summed E-state index contributed by atoms with van der Waals surface area (Å²) >= 11 is 0. The van der Waals surface area contributed by atoms with Crippen LogP contribution in [0.25, 0.3) is 0 Å². The quantitative estimate of drug-likeness (QED) is 0.894. The molecule has 0 fully saturated rings. The molecule has 0 aromatic heterocycles. The number of hydrogen-bond acceptors (Lipinski definition) is 2. The highest BCUT2D eigenvalue weighted by atomic mass is 16.3. The van der Waals surface area contributed by atoms with Crippen molar-refractivity contribution in [2.75, 3.05) is 13.7 Å². The van der Waals surface area contributed by atoms with Gasteiger partial charge in [-0.2, -0.15) is 0 Å². The number of carbonyl (C=O) groups excluding carboxylic acids is 1. The van der Waals surface area contributed by atoms with E-state index in [1.807, 2.05) is 46.8 Å². The molecule has 3 nitrogen and oxygen atoms in total. The van der Waals surface area contributed by atoms with Gasteiger partial charge in [0.05, 0.1) is 12.1 Å². The highest BCUT2D eigenvalue weighted by Crippen LogP contribution is 2.21. The number of likely N-dealkylation sites (N-methyl/N-ethyl adjacent to an activating group) is 1. The number of aliphatic hydroxyl groups excluding tert-OH is 1. The van der Waals surface area contributed by atoms with E-state index in [1.165, 1.54) is 0 Å². The Bertz CT molecular complexity index is 441. The number of amides is 1. The lowest BCUT2D eigenvalue weighted by Crippen LogP contribution is -2.48. The summed E-state index contributed by atoms with van der Waals surface area (Å²) in [7, 11) is 1.73. The summed E-state index contributed by atoms with van der Waals surface area (Å²) in [5, 5.41) is 9.35. The Kier molecular flexibility index (Phi) is 4.17. The van der Waals surface area contributed by atoms with Crippen LogP contribution < -0.4 is 0 Å². The monoisotopic (exact) mass is 249 g/mol. The van der Waals surface area contributed by atoms with Crippen molar-refractivity contribution in [2.24, 2.45) is 0 Å². The lowest BCUT2D eigenvalue weighted by atomic mass is 9.96. The lowest BCUT2D eigenvalue weighted by Gasteiger charge is -2.34. The molecule has 3 heteroatoms. The summed E-state index contributed by atoms with van der Waals surface area (Å²) in [6, 6.07) is 4.03. The van der Waals surface area contributed by atoms with E-state index in [2.05, 4.69) is 0 Å². The van der Waals surface area contributed by atoms with Gasteiger partial charge in [0.15, 0.2) is 0 Å². The van der Waals surface area contributed by atoms with Crippen LogP contribution >= 0.6 is 0 Å². The maximum atomic E-state index is 12.5. The largest absolute Gasteiger partial charge is 0.394 e. The Morgan fingerprint density at radius 3 is 2.06 bits per heavy atom. The Balaban J connectivity index is 3.20. The molecule has 18 heavy (non-hydrogen) atoms. The summed E-state index contributed by atoms with van der Waals surface area (Å²) < 4.78 is 0. The number of carbonyl (C=O) groups is 1. The SMILES string of the molecule is Cc1cc(C)c(C(=O)N(C)C(C)(C)CO)c(C)c1. The molecule has 0 radical (unpaired) electrons. The second-order valence-corrected chi connectivity index (χ2v) is 5.61. The average molecular weight is 249 g/mol. The molecule has 1 aromatic carbocycles. The summed E-state index contributed by atoms with van der Waals surface area (Å²) in [6.07, 6.45) is 0. The zero-order chi connectivity index (χ0) is 14.1. The van der Waals surface area contributed by atoms with Crippen molar-refractivity contribution in [1.29, 1.82) is 0 Å². The van der Waals surface area contributed by atoms with Gasteiger partial charge in [0.2, 0.25) is 0 Å². The van der Waals surface area contributed by atoms with Crippen LogP contribution in [0.5, 0.6) is 0 Å². The van der Waals surface area contributed by atoms with Gasteiger partial charge in [-0.25, -0.2) is 0 Å². The molecule has 0 heterocycles. The van der Waals surface area contributed by atoms with Crippen molar-refractivity contribution in [3.8, 4) is 0 Å². The Morgan fingerprint density at radius 2 is 1.67 bits per heavy atom. The van der Waals surface area contributed by atoms with Gasteiger partial charge in [-0.1, -0.05) is 17.7 Å². The van der Waals surface area contributed by atoms with E-state index in [1.54, 1.807) is 11.9 Å². The zero-order valence-corrected chi connectivity index (χ0v) is 12.2. The van der Waals surface area contributed by atoms with Gasteiger partial charge < -0.3 is 10.0 Å². The molecule has 1 amide bonds.